The van der Waals surface area contributed by atoms with Crippen LogP contribution in [0.3, 0.4) is 0 Å². The lowest BCUT2D eigenvalue weighted by Crippen LogP contribution is -2.10. The Kier molecular flexibility index (Phi) is 6.44. The van der Waals surface area contributed by atoms with Crippen LogP contribution >= 0.6 is 0 Å². The third kappa shape index (κ3) is 4.15. The molecule has 0 unspecified atom stereocenters. The van der Waals surface area contributed by atoms with Gasteiger partial charge < -0.3 is 9.13 Å². The maximum Gasteiger partial charge on any atom is 0.415 e. The molecule has 6 aromatic carbocycles. The van der Waals surface area contributed by atoms with E-state index in [1.807, 2.05) is 108 Å². The quantitative estimate of drug-likeness (QED) is 0.179. The Balaban J connectivity index is 1.62. The van der Waals surface area contributed by atoms with Crippen molar-refractivity contribution >= 4 is 49.3 Å². The second-order valence-corrected chi connectivity index (χ2v) is 12.0. The molecular weight excluding hydrogens is 605 g/mol. The van der Waals surface area contributed by atoms with E-state index in [-0.39, 0.29) is 22.4 Å². The standard InChI is InChI=1S/C41H25F3N4/c1-24-11-8-15-29-27-13-4-6-19-34(27)47(39(24)29)36-22-31(38-32(41(42,43)44)17-10-18-33(38)46-3)37(21-26(36)23-45)48-35-20-7-5-14-28(35)30-16-9-12-25(2)40(30)48/h4-22H,1-2H3. The van der Waals surface area contributed by atoms with Crippen LogP contribution < -0.4 is 0 Å². The van der Waals surface area contributed by atoms with Gasteiger partial charge in [-0.25, -0.2) is 4.85 Å². The van der Waals surface area contributed by atoms with E-state index in [0.717, 1.165) is 60.8 Å². The summed E-state index contributed by atoms with van der Waals surface area (Å²) in [5.41, 5.74) is 5.19. The molecule has 0 aliphatic carbocycles. The van der Waals surface area contributed by atoms with Crippen molar-refractivity contribution < 1.29 is 13.2 Å². The third-order valence-corrected chi connectivity index (χ3v) is 9.25. The molecule has 2 aromatic heterocycles. The zero-order chi connectivity index (χ0) is 33.3. The molecule has 8 aromatic rings. The Labute approximate surface area is 273 Å². The molecule has 230 valence electrons. The van der Waals surface area contributed by atoms with Gasteiger partial charge in [0.1, 0.15) is 6.07 Å². The van der Waals surface area contributed by atoms with E-state index in [4.69, 9.17) is 6.57 Å². The van der Waals surface area contributed by atoms with E-state index in [2.05, 4.69) is 10.9 Å². The number of halogens is 3. The summed E-state index contributed by atoms with van der Waals surface area (Å²) in [7, 11) is 0. The Hall–Kier alpha value is -6.31. The summed E-state index contributed by atoms with van der Waals surface area (Å²) in [6.07, 6.45) is -4.75. The second-order valence-electron chi connectivity index (χ2n) is 12.0. The van der Waals surface area contributed by atoms with Crippen LogP contribution in [0.25, 0.3) is 71.0 Å². The van der Waals surface area contributed by atoms with Crippen molar-refractivity contribution in [3.8, 4) is 28.6 Å². The number of rotatable bonds is 3. The van der Waals surface area contributed by atoms with Gasteiger partial charge in [-0.2, -0.15) is 18.4 Å². The predicted octanol–water partition coefficient (Wildman–Crippen LogP) is 11.6. The molecule has 4 nitrogen and oxygen atoms in total. The summed E-state index contributed by atoms with van der Waals surface area (Å²) in [5.74, 6) is 0. The minimum absolute atomic E-state index is 0.127. The summed E-state index contributed by atoms with van der Waals surface area (Å²) in [6, 6.07) is 36.9. The van der Waals surface area contributed by atoms with Crippen LogP contribution in [-0.2, 0) is 6.18 Å². The maximum absolute atomic E-state index is 14.9. The highest BCUT2D eigenvalue weighted by molar-refractivity contribution is 6.12. The lowest BCUT2D eigenvalue weighted by molar-refractivity contribution is -0.137. The van der Waals surface area contributed by atoms with Gasteiger partial charge in [-0.1, -0.05) is 91.0 Å². The smallest absolute Gasteiger partial charge is 0.308 e. The molecule has 0 saturated heterocycles. The van der Waals surface area contributed by atoms with Crippen molar-refractivity contribution in [2.45, 2.75) is 20.0 Å². The van der Waals surface area contributed by atoms with Gasteiger partial charge in [-0.3, -0.25) is 0 Å². The van der Waals surface area contributed by atoms with Gasteiger partial charge in [0.05, 0.1) is 51.1 Å². The summed E-state index contributed by atoms with van der Waals surface area (Å²) in [4.78, 5) is 3.60. The van der Waals surface area contributed by atoms with Gasteiger partial charge in [0.25, 0.3) is 0 Å². The van der Waals surface area contributed by atoms with E-state index < -0.39 is 11.7 Å². The van der Waals surface area contributed by atoms with E-state index in [9.17, 15) is 18.4 Å². The van der Waals surface area contributed by atoms with Crippen LogP contribution in [0.1, 0.15) is 22.3 Å². The first kappa shape index (κ1) is 29.1. The predicted molar refractivity (Wildman–Crippen MR) is 186 cm³/mol. The normalized spacial score (nSPS) is 11.8. The first-order chi connectivity index (χ1) is 23.2. The molecule has 2 heterocycles. The maximum atomic E-state index is 14.9. The SMILES string of the molecule is [C-]#[N+]c1cccc(C(F)(F)F)c1-c1cc(-n2c3ccccc3c3cccc(C)c32)c(C#N)cc1-n1c2ccccc2c2cccc(C)c21. The molecule has 0 N–H and O–H groups in total. The number of aromatic nitrogens is 2. The average molecular weight is 631 g/mol. The van der Waals surface area contributed by atoms with Crippen LogP contribution in [0.2, 0.25) is 0 Å². The van der Waals surface area contributed by atoms with E-state index in [0.29, 0.717) is 11.4 Å². The third-order valence-electron chi connectivity index (χ3n) is 9.25. The minimum Gasteiger partial charge on any atom is -0.308 e. The molecule has 0 radical (unpaired) electrons. The number of para-hydroxylation sites is 4. The first-order valence-electron chi connectivity index (χ1n) is 15.4. The minimum atomic E-state index is -4.75. The van der Waals surface area contributed by atoms with Crippen LogP contribution in [0.4, 0.5) is 18.9 Å². The van der Waals surface area contributed by atoms with Crippen LogP contribution in [0.15, 0.2) is 115 Å². The highest BCUT2D eigenvalue weighted by Crippen LogP contribution is 2.48. The summed E-state index contributed by atoms with van der Waals surface area (Å²) in [5, 5.41) is 14.6. The fourth-order valence-corrected chi connectivity index (χ4v) is 7.27. The molecule has 48 heavy (non-hydrogen) atoms. The van der Waals surface area contributed by atoms with Crippen molar-refractivity contribution in [3.05, 3.63) is 149 Å². The molecule has 0 aliphatic rings. The fraction of sp³-hybridized carbons (Fsp3) is 0.0732. The molecule has 0 aliphatic heterocycles. The van der Waals surface area contributed by atoms with Gasteiger partial charge in [0.2, 0.25) is 0 Å². The van der Waals surface area contributed by atoms with Crippen molar-refractivity contribution in [2.24, 2.45) is 0 Å². The highest BCUT2D eigenvalue weighted by Gasteiger charge is 2.36. The van der Waals surface area contributed by atoms with Crippen molar-refractivity contribution in [3.63, 3.8) is 0 Å². The Bertz CT molecular complexity index is 2710. The molecule has 0 fully saturated rings. The summed E-state index contributed by atoms with van der Waals surface area (Å²) < 4.78 is 48.7. The number of nitriles is 1. The van der Waals surface area contributed by atoms with E-state index in [1.165, 1.54) is 12.1 Å². The number of nitrogens with zero attached hydrogens (tertiary/aromatic N) is 4. The molecule has 0 spiro atoms. The number of fused-ring (bicyclic) bond motifs is 6. The molecular formula is C41H25F3N4. The monoisotopic (exact) mass is 630 g/mol. The largest absolute Gasteiger partial charge is 0.415 e. The van der Waals surface area contributed by atoms with Crippen LogP contribution in [0.5, 0.6) is 0 Å². The number of hydrogen-bond acceptors (Lipinski definition) is 1. The Morgan fingerprint density at radius 1 is 0.646 bits per heavy atom. The summed E-state index contributed by atoms with van der Waals surface area (Å²) >= 11 is 0. The first-order valence-corrected chi connectivity index (χ1v) is 15.4. The molecule has 0 atom stereocenters. The zero-order valence-corrected chi connectivity index (χ0v) is 25.9. The van der Waals surface area contributed by atoms with Crippen LogP contribution in [0, 0.1) is 31.8 Å². The number of benzene rings is 6. The molecule has 0 amide bonds. The van der Waals surface area contributed by atoms with Gasteiger partial charge in [-0.15, -0.1) is 0 Å². The summed E-state index contributed by atoms with van der Waals surface area (Å²) in [6.45, 7) is 11.9. The zero-order valence-electron chi connectivity index (χ0n) is 25.9. The lowest BCUT2D eigenvalue weighted by atomic mass is 9.93. The van der Waals surface area contributed by atoms with Crippen molar-refractivity contribution in [1.82, 2.24) is 9.13 Å². The van der Waals surface area contributed by atoms with Gasteiger partial charge >= 0.3 is 6.18 Å². The van der Waals surface area contributed by atoms with Crippen molar-refractivity contribution in [2.75, 3.05) is 0 Å². The van der Waals surface area contributed by atoms with Crippen molar-refractivity contribution in [1.29, 1.82) is 5.26 Å². The van der Waals surface area contributed by atoms with Crippen LogP contribution in [-0.4, -0.2) is 9.13 Å². The molecule has 0 bridgehead atoms. The molecule has 7 heteroatoms. The second kappa shape index (κ2) is 10.6. The molecule has 8 rings (SSSR count). The number of hydrogen-bond donors (Lipinski definition) is 0. The van der Waals surface area contributed by atoms with Gasteiger partial charge in [-0.05, 0) is 54.8 Å². The Morgan fingerprint density at radius 2 is 1.17 bits per heavy atom. The van der Waals surface area contributed by atoms with Gasteiger partial charge in [0, 0.05) is 27.1 Å². The number of aryl methyl sites for hydroxylation is 2. The fourth-order valence-electron chi connectivity index (χ4n) is 7.27. The van der Waals surface area contributed by atoms with E-state index >= 15 is 0 Å². The highest BCUT2D eigenvalue weighted by atomic mass is 19.4. The number of alkyl halides is 3. The lowest BCUT2D eigenvalue weighted by Gasteiger charge is -2.22. The Morgan fingerprint density at radius 3 is 1.71 bits per heavy atom. The van der Waals surface area contributed by atoms with E-state index in [1.54, 1.807) is 12.1 Å². The average Bonchev–Trinajstić information content (AvgIpc) is 3.62. The topological polar surface area (TPSA) is 38.0 Å². The van der Waals surface area contributed by atoms with Gasteiger partial charge in [0.15, 0.2) is 5.69 Å². The molecule has 0 saturated carbocycles.